The van der Waals surface area contributed by atoms with Gasteiger partial charge in [0, 0.05) is 18.0 Å². The Morgan fingerprint density at radius 1 is 1.16 bits per heavy atom. The minimum Gasteiger partial charge on any atom is -0.507 e. The maximum atomic E-state index is 12.3. The second-order valence-electron chi connectivity index (χ2n) is 5.68. The number of aromatic nitrogens is 1. The minimum atomic E-state index is -0.215. The number of phenols is 1. The van der Waals surface area contributed by atoms with E-state index >= 15 is 0 Å². The molecular weight excluding hydrogens is 316 g/mol. The zero-order chi connectivity index (χ0) is 17.1. The summed E-state index contributed by atoms with van der Waals surface area (Å²) in [6.45, 7) is 4.02. The van der Waals surface area contributed by atoms with E-state index in [1.54, 1.807) is 30.7 Å². The van der Waals surface area contributed by atoms with Crippen LogP contribution in [0.4, 0.5) is 0 Å². The van der Waals surface area contributed by atoms with Crippen LogP contribution in [0, 0.1) is 13.8 Å². The van der Waals surface area contributed by atoms with Crippen LogP contribution in [0.3, 0.4) is 0 Å². The van der Waals surface area contributed by atoms with E-state index in [0.717, 1.165) is 22.3 Å². The van der Waals surface area contributed by atoms with Crippen molar-refractivity contribution in [2.24, 2.45) is 0 Å². The van der Waals surface area contributed by atoms with E-state index < -0.39 is 0 Å². The van der Waals surface area contributed by atoms with Gasteiger partial charge in [0.2, 0.25) is 0 Å². The predicted octanol–water partition coefficient (Wildman–Crippen LogP) is 4.23. The highest BCUT2D eigenvalue weighted by Gasteiger charge is 2.10. The van der Waals surface area contributed by atoms with Gasteiger partial charge in [-0.2, -0.15) is 0 Å². The van der Waals surface area contributed by atoms with E-state index in [1.807, 2.05) is 26.0 Å². The molecule has 1 amide bonds. The summed E-state index contributed by atoms with van der Waals surface area (Å²) in [5, 5.41) is 12.7. The molecule has 0 radical (unpaired) electrons. The van der Waals surface area contributed by atoms with Crippen molar-refractivity contribution in [3.05, 3.63) is 71.4 Å². The Morgan fingerprint density at radius 3 is 2.52 bits per heavy atom. The number of furan rings is 1. The molecule has 0 fully saturated rings. The van der Waals surface area contributed by atoms with Crippen LogP contribution in [0.25, 0.3) is 11.1 Å². The zero-order valence-electron chi connectivity index (χ0n) is 13.5. The van der Waals surface area contributed by atoms with Crippen molar-refractivity contribution >= 4 is 5.91 Å². The number of carbonyl (C=O) groups excluding carboxylic acids is 1. The fraction of sp³-hybridized carbons (Fsp3) is 0.200. The van der Waals surface area contributed by atoms with Gasteiger partial charge in [0.25, 0.3) is 5.91 Å². The van der Waals surface area contributed by atoms with E-state index in [1.165, 1.54) is 6.20 Å². The molecule has 5 heteroatoms. The number of nitrogens with zero attached hydrogens (tertiary/aromatic N) is 1. The fourth-order valence-electron chi connectivity index (χ4n) is 2.53. The topological polar surface area (TPSA) is 75.4 Å². The second kappa shape index (κ2) is 7.66. The molecule has 0 aliphatic rings. The largest absolute Gasteiger partial charge is 0.507 e. The molecule has 5 nitrogen and oxygen atoms in total. The summed E-state index contributed by atoms with van der Waals surface area (Å²) in [6.07, 6.45) is 4.80. The van der Waals surface area contributed by atoms with Crippen molar-refractivity contribution in [3.63, 3.8) is 0 Å². The molecule has 3 rings (SSSR count). The number of hydrogen-bond donors (Lipinski definition) is 2. The monoisotopic (exact) mass is 338 g/mol. The first-order chi connectivity index (χ1) is 11.5. The molecule has 1 aromatic carbocycles. The van der Waals surface area contributed by atoms with Crippen molar-refractivity contribution < 1.29 is 14.3 Å². The first-order valence-corrected chi connectivity index (χ1v) is 7.61. The first kappa shape index (κ1) is 18.3. The van der Waals surface area contributed by atoms with E-state index in [0.29, 0.717) is 23.6 Å². The molecule has 0 aliphatic heterocycles. The zero-order valence-corrected chi connectivity index (χ0v) is 13.5. The highest BCUT2D eigenvalue weighted by Crippen LogP contribution is 2.29. The molecule has 3 aromatic rings. The molecule has 130 valence electrons. The molecule has 0 unspecified atom stereocenters. The standard InChI is InChI=1S/C19H18N2O3.CH4/c1-12-6-14(7-13(2)18(12)22)15-8-16(10-20-9-15)19(23)21-11-17-4-3-5-24-17;/h3-10,22H,11H2,1-2H3,(H,21,23);1H4. The third-order valence-corrected chi connectivity index (χ3v) is 3.83. The van der Waals surface area contributed by atoms with Crippen LogP contribution >= 0.6 is 0 Å². The number of rotatable bonds is 4. The minimum absolute atomic E-state index is 0. The van der Waals surface area contributed by atoms with Gasteiger partial charge in [-0.3, -0.25) is 9.78 Å². The fourth-order valence-corrected chi connectivity index (χ4v) is 2.53. The summed E-state index contributed by atoms with van der Waals surface area (Å²) in [7, 11) is 0. The number of aryl methyl sites for hydroxylation is 2. The van der Waals surface area contributed by atoms with Gasteiger partial charge in [0.15, 0.2) is 0 Å². The summed E-state index contributed by atoms with van der Waals surface area (Å²) in [5.74, 6) is 0.768. The molecule has 2 aromatic heterocycles. The number of nitrogens with one attached hydrogen (secondary N) is 1. The van der Waals surface area contributed by atoms with Crippen LogP contribution in [0.1, 0.15) is 34.7 Å². The molecular formula is C20H22N2O3. The second-order valence-corrected chi connectivity index (χ2v) is 5.68. The Morgan fingerprint density at radius 2 is 1.88 bits per heavy atom. The van der Waals surface area contributed by atoms with Crippen LogP contribution in [0.2, 0.25) is 0 Å². The van der Waals surface area contributed by atoms with Crippen LogP contribution in [-0.4, -0.2) is 16.0 Å². The van der Waals surface area contributed by atoms with E-state index in [4.69, 9.17) is 4.42 Å². The molecule has 0 aliphatic carbocycles. The average Bonchev–Trinajstić information content (AvgIpc) is 3.10. The summed E-state index contributed by atoms with van der Waals surface area (Å²) >= 11 is 0. The number of benzene rings is 1. The third-order valence-electron chi connectivity index (χ3n) is 3.83. The van der Waals surface area contributed by atoms with Gasteiger partial charge in [-0.25, -0.2) is 0 Å². The van der Waals surface area contributed by atoms with Crippen molar-refractivity contribution in [1.82, 2.24) is 10.3 Å². The summed E-state index contributed by atoms with van der Waals surface area (Å²) < 4.78 is 5.20. The number of carbonyl (C=O) groups is 1. The smallest absolute Gasteiger partial charge is 0.253 e. The van der Waals surface area contributed by atoms with Crippen molar-refractivity contribution in [3.8, 4) is 16.9 Å². The van der Waals surface area contributed by atoms with Crippen molar-refractivity contribution in [2.45, 2.75) is 27.8 Å². The van der Waals surface area contributed by atoms with Gasteiger partial charge in [-0.05, 0) is 60.9 Å². The lowest BCUT2D eigenvalue weighted by atomic mass is 10.00. The highest BCUT2D eigenvalue weighted by atomic mass is 16.3. The summed E-state index contributed by atoms with van der Waals surface area (Å²) in [6, 6.07) is 9.12. The summed E-state index contributed by atoms with van der Waals surface area (Å²) in [4.78, 5) is 16.4. The molecule has 25 heavy (non-hydrogen) atoms. The molecule has 0 saturated heterocycles. The number of hydrogen-bond acceptors (Lipinski definition) is 4. The van der Waals surface area contributed by atoms with Gasteiger partial charge in [0.1, 0.15) is 11.5 Å². The van der Waals surface area contributed by atoms with E-state index in [2.05, 4.69) is 10.3 Å². The quantitative estimate of drug-likeness (QED) is 0.746. The number of pyridine rings is 1. The maximum absolute atomic E-state index is 12.3. The lowest BCUT2D eigenvalue weighted by molar-refractivity contribution is 0.0947. The van der Waals surface area contributed by atoms with Crippen LogP contribution < -0.4 is 5.32 Å². The van der Waals surface area contributed by atoms with Crippen LogP contribution in [-0.2, 0) is 6.54 Å². The highest BCUT2D eigenvalue weighted by molar-refractivity contribution is 5.95. The number of aromatic hydroxyl groups is 1. The van der Waals surface area contributed by atoms with Gasteiger partial charge in [-0.15, -0.1) is 0 Å². The number of phenolic OH excluding ortho intramolecular Hbond substituents is 1. The molecule has 2 N–H and O–H groups in total. The number of amides is 1. The van der Waals surface area contributed by atoms with E-state index in [-0.39, 0.29) is 13.3 Å². The Balaban J connectivity index is 0.00000225. The lowest BCUT2D eigenvalue weighted by Crippen LogP contribution is -2.22. The van der Waals surface area contributed by atoms with Gasteiger partial charge < -0.3 is 14.8 Å². The van der Waals surface area contributed by atoms with Crippen molar-refractivity contribution in [2.75, 3.05) is 0 Å². The SMILES string of the molecule is C.Cc1cc(-c2cncc(C(=O)NCc3ccco3)c2)cc(C)c1O. The lowest BCUT2D eigenvalue weighted by Gasteiger charge is -2.09. The Labute approximate surface area is 147 Å². The predicted molar refractivity (Wildman–Crippen MR) is 97.4 cm³/mol. The van der Waals surface area contributed by atoms with Crippen LogP contribution in [0.15, 0.2) is 53.4 Å². The first-order valence-electron chi connectivity index (χ1n) is 7.61. The molecule has 0 spiro atoms. The molecule has 2 heterocycles. The molecule has 0 saturated carbocycles. The molecule has 0 atom stereocenters. The van der Waals surface area contributed by atoms with Crippen molar-refractivity contribution in [1.29, 1.82) is 0 Å². The summed E-state index contributed by atoms with van der Waals surface area (Å²) in [5.41, 5.74) is 3.79. The van der Waals surface area contributed by atoms with Gasteiger partial charge in [0.05, 0.1) is 18.4 Å². The third kappa shape index (κ3) is 4.07. The maximum Gasteiger partial charge on any atom is 0.253 e. The average molecular weight is 338 g/mol. The Bertz CT molecular complexity index is 847. The molecule has 0 bridgehead atoms. The van der Waals surface area contributed by atoms with Gasteiger partial charge in [-0.1, -0.05) is 7.43 Å². The van der Waals surface area contributed by atoms with Gasteiger partial charge >= 0.3 is 0 Å². The van der Waals surface area contributed by atoms with E-state index in [9.17, 15) is 9.90 Å². The normalized spacial score (nSPS) is 10.2. The Hall–Kier alpha value is -3.08. The Kier molecular flexibility index (Phi) is 5.60. The van der Waals surface area contributed by atoms with Crippen LogP contribution in [0.5, 0.6) is 5.75 Å².